The van der Waals surface area contributed by atoms with Gasteiger partial charge in [0.1, 0.15) is 0 Å². The van der Waals surface area contributed by atoms with Crippen LogP contribution in [0.4, 0.5) is 0 Å². The van der Waals surface area contributed by atoms with Crippen molar-refractivity contribution >= 4 is 24.3 Å². The molecule has 2 aromatic rings. The zero-order valence-corrected chi connectivity index (χ0v) is 24.9. The predicted octanol–water partition coefficient (Wildman–Crippen LogP) is 2.87. The number of rotatable bonds is 15. The molecule has 1 amide bonds. The molecule has 200 valence electrons. The van der Waals surface area contributed by atoms with E-state index in [4.69, 9.17) is 18.9 Å². The molecule has 0 aliphatic heterocycles. The van der Waals surface area contributed by atoms with E-state index in [0.29, 0.717) is 17.2 Å². The molecule has 36 heavy (non-hydrogen) atoms. The maximum atomic E-state index is 12.2. The molecule has 3 atom stereocenters. The SMILES string of the molecule is CCC(=O)NN(CC(O)COc1ccc(OC)cc1)CC(O)[CH](Oc1ccc(OC)cc1)[Sn]([CH3])([CH3])[CH3]. The van der Waals surface area contributed by atoms with Gasteiger partial charge in [-0.2, -0.15) is 0 Å². The van der Waals surface area contributed by atoms with Crippen LogP contribution in [-0.2, 0) is 4.79 Å². The van der Waals surface area contributed by atoms with E-state index < -0.39 is 30.6 Å². The summed E-state index contributed by atoms with van der Waals surface area (Å²) in [6, 6.07) is 14.3. The summed E-state index contributed by atoms with van der Waals surface area (Å²) in [7, 11) is 3.19. The molecule has 2 rings (SSSR count). The average molecular weight is 611 g/mol. The molecule has 0 spiro atoms. The Morgan fingerprint density at radius 1 is 0.889 bits per heavy atom. The standard InChI is InChI=1S/C23H31N2O7.3CH3.Sn/c1-4-23(28)24-25(13-17(26)15-31-21-9-5-19(29-2)6-10-21)14-18(27)16-32-22-11-7-20(30-3)8-12-22;;;;/h5-12,15,17-18,26-27H,4,13-14,16H2,1-3H3,(H,24,28);3*1H3;. The molecule has 9 nitrogen and oxygen atoms in total. The fraction of sp³-hybridized carbons (Fsp3) is 0.500. The number of carbonyl (C=O) groups excluding carboxylic acids is 1. The normalized spacial score (nSPS) is 14.0. The molecule has 0 fully saturated rings. The fourth-order valence-corrected chi connectivity index (χ4v) is 8.54. The number of hydrazine groups is 1. The number of aliphatic hydroxyl groups excluding tert-OH is 2. The minimum absolute atomic E-state index is 0.0190. The monoisotopic (exact) mass is 612 g/mol. The summed E-state index contributed by atoms with van der Waals surface area (Å²) >= 11 is -2.83. The zero-order valence-electron chi connectivity index (χ0n) is 22.1. The van der Waals surface area contributed by atoms with Crippen LogP contribution in [0.5, 0.6) is 23.0 Å². The molecule has 0 aromatic heterocycles. The summed E-state index contributed by atoms with van der Waals surface area (Å²) in [5, 5.41) is 23.4. The van der Waals surface area contributed by atoms with Crippen molar-refractivity contribution in [1.29, 1.82) is 0 Å². The van der Waals surface area contributed by atoms with Crippen molar-refractivity contribution in [2.45, 2.75) is 44.5 Å². The molecule has 0 bridgehead atoms. The van der Waals surface area contributed by atoms with Gasteiger partial charge in [-0.05, 0) is 0 Å². The van der Waals surface area contributed by atoms with E-state index in [0.717, 1.165) is 5.75 Å². The van der Waals surface area contributed by atoms with E-state index in [1.807, 2.05) is 24.3 Å². The summed E-state index contributed by atoms with van der Waals surface area (Å²) in [5.41, 5.74) is 2.78. The van der Waals surface area contributed by atoms with Gasteiger partial charge in [0.15, 0.2) is 0 Å². The van der Waals surface area contributed by atoms with Gasteiger partial charge in [0.05, 0.1) is 7.11 Å². The van der Waals surface area contributed by atoms with E-state index in [1.165, 1.54) is 0 Å². The van der Waals surface area contributed by atoms with Crippen LogP contribution in [0.2, 0.25) is 14.8 Å². The van der Waals surface area contributed by atoms with Gasteiger partial charge in [0.2, 0.25) is 0 Å². The Balaban J connectivity index is 2.05. The summed E-state index contributed by atoms with van der Waals surface area (Å²) < 4.78 is 21.9. The Bertz CT molecular complexity index is 919. The van der Waals surface area contributed by atoms with Crippen molar-refractivity contribution in [2.75, 3.05) is 33.9 Å². The first-order valence-electron chi connectivity index (χ1n) is 12.0. The number of hydrogen-bond acceptors (Lipinski definition) is 8. The molecule has 0 aliphatic rings. The molecule has 0 heterocycles. The predicted molar refractivity (Wildman–Crippen MR) is 141 cm³/mol. The van der Waals surface area contributed by atoms with Crippen LogP contribution >= 0.6 is 0 Å². The van der Waals surface area contributed by atoms with Gasteiger partial charge in [0, 0.05) is 0 Å². The van der Waals surface area contributed by atoms with Crippen LogP contribution in [0.3, 0.4) is 0 Å². The Kier molecular flexibility index (Phi) is 12.1. The first-order valence-corrected chi connectivity index (χ1v) is 22.2. The number of aliphatic hydroxyl groups is 2. The number of methoxy groups -OCH3 is 2. The molecule has 0 aliphatic carbocycles. The molecule has 0 saturated carbocycles. The number of nitrogens with zero attached hydrogens (tertiary/aromatic N) is 1. The van der Waals surface area contributed by atoms with E-state index in [1.54, 1.807) is 50.4 Å². The second kappa shape index (κ2) is 14.5. The number of ether oxygens (including phenoxy) is 4. The van der Waals surface area contributed by atoms with Crippen LogP contribution in [0, 0.1) is 0 Å². The van der Waals surface area contributed by atoms with Gasteiger partial charge in [-0.15, -0.1) is 0 Å². The van der Waals surface area contributed by atoms with Crippen LogP contribution in [0.1, 0.15) is 13.3 Å². The summed E-state index contributed by atoms with van der Waals surface area (Å²) in [6.45, 7) is 1.94. The first kappa shape index (κ1) is 30.0. The van der Waals surface area contributed by atoms with Gasteiger partial charge in [-0.3, -0.25) is 0 Å². The van der Waals surface area contributed by atoms with Gasteiger partial charge in [0.25, 0.3) is 0 Å². The van der Waals surface area contributed by atoms with E-state index >= 15 is 0 Å². The molecular weight excluding hydrogens is 571 g/mol. The summed E-state index contributed by atoms with van der Waals surface area (Å²) in [6.07, 6.45) is -1.51. The topological polar surface area (TPSA) is 110 Å². The molecule has 2 aromatic carbocycles. The molecular formula is C26H40N2O7Sn. The van der Waals surface area contributed by atoms with Crippen LogP contribution in [0.25, 0.3) is 0 Å². The average Bonchev–Trinajstić information content (AvgIpc) is 2.85. The maximum absolute atomic E-state index is 12.2. The third-order valence-corrected chi connectivity index (χ3v) is 11.8. The molecule has 10 heteroatoms. The Morgan fingerprint density at radius 3 is 1.86 bits per heavy atom. The van der Waals surface area contributed by atoms with Gasteiger partial charge < -0.3 is 4.74 Å². The summed E-state index contributed by atoms with van der Waals surface area (Å²) in [4.78, 5) is 18.7. The Morgan fingerprint density at radius 2 is 1.39 bits per heavy atom. The van der Waals surface area contributed by atoms with Crippen molar-refractivity contribution in [3.05, 3.63) is 48.5 Å². The van der Waals surface area contributed by atoms with Crippen LogP contribution < -0.4 is 24.4 Å². The Hall–Kier alpha value is -2.21. The van der Waals surface area contributed by atoms with E-state index in [2.05, 4.69) is 20.2 Å². The molecule has 3 unspecified atom stereocenters. The fourth-order valence-electron chi connectivity index (χ4n) is 3.55. The van der Waals surface area contributed by atoms with Gasteiger partial charge >= 0.3 is 207 Å². The number of hydrogen-bond donors (Lipinski definition) is 3. The third kappa shape index (κ3) is 10.0. The van der Waals surface area contributed by atoms with Crippen LogP contribution in [-0.4, -0.2) is 89.7 Å². The number of amides is 1. The van der Waals surface area contributed by atoms with Crippen molar-refractivity contribution in [3.63, 3.8) is 0 Å². The number of nitrogens with one attached hydrogen (secondary N) is 1. The molecule has 0 saturated heterocycles. The zero-order chi connectivity index (χ0) is 26.7. The second-order valence-electron chi connectivity index (χ2n) is 9.58. The van der Waals surface area contributed by atoms with Crippen molar-refractivity contribution < 1.29 is 34.0 Å². The molecule has 0 radical (unpaired) electrons. The Labute approximate surface area is 218 Å². The molecule has 3 N–H and O–H groups in total. The van der Waals surface area contributed by atoms with Crippen molar-refractivity contribution in [1.82, 2.24) is 10.4 Å². The van der Waals surface area contributed by atoms with Crippen molar-refractivity contribution in [3.8, 4) is 23.0 Å². The summed E-state index contributed by atoms with van der Waals surface area (Å²) in [5.74, 6) is 2.45. The van der Waals surface area contributed by atoms with Gasteiger partial charge in [-0.25, -0.2) is 0 Å². The number of carbonyl (C=O) groups is 1. The van der Waals surface area contributed by atoms with E-state index in [-0.39, 0.29) is 36.1 Å². The number of benzene rings is 2. The first-order chi connectivity index (χ1) is 17.0. The third-order valence-electron chi connectivity index (χ3n) is 5.47. The quantitative estimate of drug-likeness (QED) is 0.209. The minimum atomic E-state index is -2.83. The van der Waals surface area contributed by atoms with Crippen molar-refractivity contribution in [2.24, 2.45) is 0 Å². The van der Waals surface area contributed by atoms with Gasteiger partial charge in [-0.1, -0.05) is 0 Å². The van der Waals surface area contributed by atoms with Crippen LogP contribution in [0.15, 0.2) is 48.5 Å². The second-order valence-corrected chi connectivity index (χ2v) is 24.7. The van der Waals surface area contributed by atoms with E-state index in [9.17, 15) is 15.0 Å².